The predicted octanol–water partition coefficient (Wildman–Crippen LogP) is 4.28. The van der Waals surface area contributed by atoms with Gasteiger partial charge < -0.3 is 16.5 Å². The van der Waals surface area contributed by atoms with Crippen molar-refractivity contribution in [2.45, 2.75) is 0 Å². The molecule has 2 aromatic heterocycles. The topological polar surface area (TPSA) is 111 Å². The number of anilines is 1. The van der Waals surface area contributed by atoms with Gasteiger partial charge in [0.15, 0.2) is 0 Å². The number of aromatic amines is 1. The van der Waals surface area contributed by atoms with Crippen molar-refractivity contribution >= 4 is 23.5 Å². The molecule has 1 amide bonds. The molecule has 29 heavy (non-hydrogen) atoms. The number of H-pyrrole nitrogens is 1. The van der Waals surface area contributed by atoms with Crippen LogP contribution in [-0.4, -0.2) is 20.9 Å². The number of hydrogen-bond donors (Lipinski definition) is 3. The number of primary amides is 1. The average Bonchev–Trinajstić information content (AvgIpc) is 3.15. The first-order valence-electron chi connectivity index (χ1n) is 8.60. The molecule has 4 rings (SSSR count). The van der Waals surface area contributed by atoms with Crippen molar-refractivity contribution in [3.8, 4) is 33.8 Å². The highest BCUT2D eigenvalue weighted by atomic mass is 35.5. The number of nitrogens with one attached hydrogen (secondary N) is 1. The largest absolute Gasteiger partial charge is 0.368 e. The second kappa shape index (κ2) is 7.37. The number of carbonyl (C=O) groups excluding carboxylic acids is 1. The van der Waals surface area contributed by atoms with E-state index in [-0.39, 0.29) is 5.95 Å². The molecule has 0 saturated heterocycles. The molecule has 0 bridgehead atoms. The molecule has 0 aliphatic heterocycles. The maximum absolute atomic E-state index is 14.0. The molecule has 0 aliphatic carbocycles. The number of benzene rings is 2. The molecule has 0 radical (unpaired) electrons. The number of halogens is 2. The zero-order chi connectivity index (χ0) is 20.5. The van der Waals surface area contributed by atoms with Crippen LogP contribution in [0.25, 0.3) is 33.8 Å². The molecule has 0 atom stereocenters. The second-order valence-corrected chi connectivity index (χ2v) is 6.71. The van der Waals surface area contributed by atoms with Crippen molar-refractivity contribution in [2.75, 3.05) is 5.73 Å². The smallest absolute Gasteiger partial charge is 0.249 e. The molecule has 0 unspecified atom stereocenters. The van der Waals surface area contributed by atoms with Gasteiger partial charge in [-0.1, -0.05) is 29.8 Å². The lowest BCUT2D eigenvalue weighted by Crippen LogP contribution is -2.12. The highest BCUT2D eigenvalue weighted by Gasteiger charge is 2.20. The second-order valence-electron chi connectivity index (χ2n) is 6.31. The quantitative estimate of drug-likeness (QED) is 0.468. The van der Waals surface area contributed by atoms with Crippen LogP contribution in [0.1, 0.15) is 10.4 Å². The molecule has 6 nitrogen and oxygen atoms in total. The summed E-state index contributed by atoms with van der Waals surface area (Å²) in [4.78, 5) is 23.3. The molecule has 2 aromatic carbocycles. The molecule has 5 N–H and O–H groups in total. The summed E-state index contributed by atoms with van der Waals surface area (Å²) in [6.45, 7) is 0. The van der Waals surface area contributed by atoms with E-state index >= 15 is 0 Å². The van der Waals surface area contributed by atoms with Gasteiger partial charge in [-0.3, -0.25) is 4.79 Å². The Morgan fingerprint density at radius 3 is 2.59 bits per heavy atom. The maximum Gasteiger partial charge on any atom is 0.249 e. The van der Waals surface area contributed by atoms with Gasteiger partial charge in [-0.15, -0.1) is 0 Å². The summed E-state index contributed by atoms with van der Waals surface area (Å²) in [7, 11) is 0. The summed E-state index contributed by atoms with van der Waals surface area (Å²) in [6, 6.07) is 14.4. The van der Waals surface area contributed by atoms with Crippen LogP contribution < -0.4 is 11.5 Å². The van der Waals surface area contributed by atoms with E-state index in [1.165, 1.54) is 24.4 Å². The van der Waals surface area contributed by atoms with Crippen LogP contribution in [0.2, 0.25) is 5.02 Å². The van der Waals surface area contributed by atoms with Crippen molar-refractivity contribution in [2.24, 2.45) is 5.73 Å². The van der Waals surface area contributed by atoms with Crippen molar-refractivity contribution in [3.63, 3.8) is 0 Å². The molecular weight excluding hydrogens is 393 g/mol. The van der Waals surface area contributed by atoms with E-state index in [2.05, 4.69) is 15.0 Å². The van der Waals surface area contributed by atoms with E-state index in [9.17, 15) is 9.18 Å². The first-order chi connectivity index (χ1) is 13.9. The van der Waals surface area contributed by atoms with Gasteiger partial charge >= 0.3 is 0 Å². The Balaban J connectivity index is 2.01. The summed E-state index contributed by atoms with van der Waals surface area (Å²) in [6.07, 6.45) is 1.53. The minimum Gasteiger partial charge on any atom is -0.368 e. The van der Waals surface area contributed by atoms with Crippen LogP contribution in [0.4, 0.5) is 10.3 Å². The van der Waals surface area contributed by atoms with Crippen LogP contribution in [0.5, 0.6) is 0 Å². The highest BCUT2D eigenvalue weighted by Crippen LogP contribution is 2.39. The van der Waals surface area contributed by atoms with E-state index < -0.39 is 11.7 Å². The Hall–Kier alpha value is -3.71. The van der Waals surface area contributed by atoms with Gasteiger partial charge in [-0.05, 0) is 42.0 Å². The van der Waals surface area contributed by atoms with Gasteiger partial charge in [0.1, 0.15) is 5.82 Å². The summed E-state index contributed by atoms with van der Waals surface area (Å²) < 4.78 is 14.0. The summed E-state index contributed by atoms with van der Waals surface area (Å²) in [5, 5.41) is 0.347. The zero-order valence-corrected chi connectivity index (χ0v) is 15.7. The first kappa shape index (κ1) is 18.6. The summed E-state index contributed by atoms with van der Waals surface area (Å²) in [5.41, 5.74) is 14.9. The Morgan fingerprint density at radius 1 is 1.03 bits per heavy atom. The Bertz CT molecular complexity index is 1240. The van der Waals surface area contributed by atoms with Gasteiger partial charge in [0.2, 0.25) is 11.9 Å². The van der Waals surface area contributed by atoms with Crippen molar-refractivity contribution < 1.29 is 9.18 Å². The summed E-state index contributed by atoms with van der Waals surface area (Å²) in [5.74, 6) is -0.909. The lowest BCUT2D eigenvalue weighted by molar-refractivity contribution is 0.100. The fraction of sp³-hybridized carbons (Fsp3) is 0. The minimum absolute atomic E-state index is 0.113. The molecule has 8 heteroatoms. The number of amides is 1. The van der Waals surface area contributed by atoms with Crippen LogP contribution in [0, 0.1) is 5.82 Å². The van der Waals surface area contributed by atoms with Gasteiger partial charge in [-0.2, -0.15) is 0 Å². The molecule has 144 valence electrons. The number of nitrogens with zero attached hydrogens (tertiary/aromatic N) is 2. The standard InChI is InChI=1S/C21H15ClFN5O/c22-16-6-5-11(23)9-15(16)19-14(12-3-1-2-4-13(12)20(24)29)10-18(27-19)17-7-8-26-21(25)28-17/h1-10,27H,(H2,24,29)(H2,25,26,28). The van der Waals surface area contributed by atoms with Gasteiger partial charge in [-0.25, -0.2) is 14.4 Å². The Morgan fingerprint density at radius 2 is 1.83 bits per heavy atom. The fourth-order valence-electron chi connectivity index (χ4n) is 3.16. The van der Waals surface area contributed by atoms with Crippen LogP contribution in [0.15, 0.2) is 60.8 Å². The van der Waals surface area contributed by atoms with Gasteiger partial charge in [0.25, 0.3) is 0 Å². The van der Waals surface area contributed by atoms with Crippen LogP contribution >= 0.6 is 11.6 Å². The third-order valence-electron chi connectivity index (χ3n) is 4.45. The molecule has 0 aliphatic rings. The van der Waals surface area contributed by atoms with E-state index in [1.807, 2.05) is 0 Å². The number of nitrogen functional groups attached to an aromatic ring is 1. The van der Waals surface area contributed by atoms with Crippen molar-refractivity contribution in [3.05, 3.63) is 77.2 Å². The van der Waals surface area contributed by atoms with Crippen molar-refractivity contribution in [1.82, 2.24) is 15.0 Å². The summed E-state index contributed by atoms with van der Waals surface area (Å²) >= 11 is 6.35. The lowest BCUT2D eigenvalue weighted by Gasteiger charge is -2.10. The molecule has 0 spiro atoms. The number of rotatable bonds is 4. The minimum atomic E-state index is -0.578. The Kier molecular flexibility index (Phi) is 4.74. The number of aromatic nitrogens is 3. The SMILES string of the molecule is NC(=O)c1ccccc1-c1cc(-c2ccnc(N)n2)[nH]c1-c1cc(F)ccc1Cl. The van der Waals surface area contributed by atoms with Crippen molar-refractivity contribution in [1.29, 1.82) is 0 Å². The highest BCUT2D eigenvalue weighted by molar-refractivity contribution is 6.33. The average molecular weight is 408 g/mol. The third kappa shape index (κ3) is 3.55. The first-order valence-corrected chi connectivity index (χ1v) is 8.98. The fourth-order valence-corrected chi connectivity index (χ4v) is 3.38. The van der Waals surface area contributed by atoms with Gasteiger partial charge in [0, 0.05) is 22.9 Å². The molecule has 0 saturated carbocycles. The molecule has 2 heterocycles. The zero-order valence-electron chi connectivity index (χ0n) is 15.0. The maximum atomic E-state index is 14.0. The third-order valence-corrected chi connectivity index (χ3v) is 4.78. The molecule has 0 fully saturated rings. The lowest BCUT2D eigenvalue weighted by atomic mass is 9.96. The van der Waals surface area contributed by atoms with Gasteiger partial charge in [0.05, 0.1) is 22.1 Å². The normalized spacial score (nSPS) is 10.8. The van der Waals surface area contributed by atoms with Crippen LogP contribution in [-0.2, 0) is 0 Å². The predicted molar refractivity (Wildman–Crippen MR) is 111 cm³/mol. The molecule has 4 aromatic rings. The monoisotopic (exact) mass is 407 g/mol. The number of carbonyl (C=O) groups is 1. The number of hydrogen-bond acceptors (Lipinski definition) is 4. The van der Waals surface area contributed by atoms with E-state index in [0.717, 1.165) is 0 Å². The van der Waals surface area contributed by atoms with Crippen LogP contribution in [0.3, 0.4) is 0 Å². The number of nitrogens with two attached hydrogens (primary N) is 2. The van der Waals surface area contributed by atoms with E-state index in [0.29, 0.717) is 44.4 Å². The van der Waals surface area contributed by atoms with E-state index in [4.69, 9.17) is 23.1 Å². The molecular formula is C21H15ClFN5O. The van der Waals surface area contributed by atoms with E-state index in [1.54, 1.807) is 36.4 Å². The Labute approximate surface area is 170 Å².